The van der Waals surface area contributed by atoms with E-state index in [0.717, 1.165) is 11.3 Å². The van der Waals surface area contributed by atoms with Crippen LogP contribution >= 0.6 is 22.6 Å². The second kappa shape index (κ2) is 6.56. The van der Waals surface area contributed by atoms with Crippen molar-refractivity contribution in [1.82, 2.24) is 0 Å². The molecule has 0 spiro atoms. The number of benzene rings is 2. The summed E-state index contributed by atoms with van der Waals surface area (Å²) in [7, 11) is 1.39. The van der Waals surface area contributed by atoms with E-state index in [4.69, 9.17) is 4.74 Å². The van der Waals surface area contributed by atoms with Crippen LogP contribution in [-0.4, -0.2) is 13.1 Å². The third-order valence-corrected chi connectivity index (χ3v) is 3.47. The molecule has 0 fully saturated rings. The molecule has 2 rings (SSSR count). The summed E-state index contributed by atoms with van der Waals surface area (Å²) in [6.45, 7) is 0.589. The number of carbonyl (C=O) groups excluding carboxylic acids is 1. The average molecular weight is 367 g/mol. The lowest BCUT2D eigenvalue weighted by Gasteiger charge is -2.10. The molecule has 4 heteroatoms. The summed E-state index contributed by atoms with van der Waals surface area (Å²) in [5.41, 5.74) is 2.55. The summed E-state index contributed by atoms with van der Waals surface area (Å²) in [6, 6.07) is 15.6. The lowest BCUT2D eigenvalue weighted by molar-refractivity contribution is 0.0599. The zero-order valence-electron chi connectivity index (χ0n) is 10.5. The van der Waals surface area contributed by atoms with E-state index in [9.17, 15) is 4.79 Å². The molecule has 0 amide bonds. The van der Waals surface area contributed by atoms with Crippen LogP contribution in [0.1, 0.15) is 15.9 Å². The normalized spacial score (nSPS) is 10.0. The number of carbonyl (C=O) groups is 1. The summed E-state index contributed by atoms with van der Waals surface area (Å²) in [5, 5.41) is 3.30. The number of rotatable bonds is 4. The number of halogens is 1. The van der Waals surface area contributed by atoms with Gasteiger partial charge >= 0.3 is 5.97 Å². The molecule has 0 aliphatic carbocycles. The first-order chi connectivity index (χ1) is 9.20. The lowest BCUT2D eigenvalue weighted by Crippen LogP contribution is -2.09. The van der Waals surface area contributed by atoms with Crippen molar-refractivity contribution >= 4 is 34.2 Å². The van der Waals surface area contributed by atoms with E-state index in [1.807, 2.05) is 42.5 Å². The van der Waals surface area contributed by atoms with Crippen molar-refractivity contribution in [1.29, 1.82) is 0 Å². The van der Waals surface area contributed by atoms with Crippen LogP contribution in [0, 0.1) is 3.57 Å². The number of anilines is 1. The molecule has 2 aromatic carbocycles. The first-order valence-electron chi connectivity index (χ1n) is 5.86. The topological polar surface area (TPSA) is 38.3 Å². The minimum absolute atomic E-state index is 0.306. The molecule has 0 heterocycles. The SMILES string of the molecule is COC(=O)c1ccccc1CNc1ccc(I)cc1. The smallest absolute Gasteiger partial charge is 0.338 e. The van der Waals surface area contributed by atoms with Gasteiger partial charge in [-0.25, -0.2) is 4.79 Å². The van der Waals surface area contributed by atoms with Crippen molar-refractivity contribution in [3.63, 3.8) is 0 Å². The van der Waals surface area contributed by atoms with E-state index in [2.05, 4.69) is 27.9 Å². The Kier molecular flexibility index (Phi) is 4.79. The molecule has 0 aromatic heterocycles. The van der Waals surface area contributed by atoms with Gasteiger partial charge in [0.25, 0.3) is 0 Å². The van der Waals surface area contributed by atoms with Gasteiger partial charge in [0.05, 0.1) is 12.7 Å². The Morgan fingerprint density at radius 2 is 1.84 bits per heavy atom. The van der Waals surface area contributed by atoms with Crippen LogP contribution in [0.2, 0.25) is 0 Å². The fourth-order valence-corrected chi connectivity index (χ4v) is 2.11. The average Bonchev–Trinajstić information content (AvgIpc) is 2.46. The predicted molar refractivity (Wildman–Crippen MR) is 84.3 cm³/mol. The first kappa shape index (κ1) is 13.9. The van der Waals surface area contributed by atoms with Gasteiger partial charge in [-0.05, 0) is 58.5 Å². The van der Waals surface area contributed by atoms with E-state index in [0.29, 0.717) is 12.1 Å². The number of hydrogen-bond donors (Lipinski definition) is 1. The monoisotopic (exact) mass is 367 g/mol. The van der Waals surface area contributed by atoms with Gasteiger partial charge < -0.3 is 10.1 Å². The molecule has 0 aliphatic heterocycles. The summed E-state index contributed by atoms with van der Waals surface area (Å²) in [4.78, 5) is 11.6. The first-order valence-corrected chi connectivity index (χ1v) is 6.94. The third-order valence-electron chi connectivity index (χ3n) is 2.75. The number of ether oxygens (including phenoxy) is 1. The maximum atomic E-state index is 11.6. The van der Waals surface area contributed by atoms with Crippen molar-refractivity contribution in [2.75, 3.05) is 12.4 Å². The molecular formula is C15H14INO2. The van der Waals surface area contributed by atoms with Gasteiger partial charge in [0.1, 0.15) is 0 Å². The van der Waals surface area contributed by atoms with Gasteiger partial charge in [0.2, 0.25) is 0 Å². The van der Waals surface area contributed by atoms with Crippen LogP contribution in [0.4, 0.5) is 5.69 Å². The van der Waals surface area contributed by atoms with Gasteiger partial charge in [-0.3, -0.25) is 0 Å². The summed E-state index contributed by atoms with van der Waals surface area (Å²) in [6.07, 6.45) is 0. The quantitative estimate of drug-likeness (QED) is 0.662. The van der Waals surface area contributed by atoms with Gasteiger partial charge in [0, 0.05) is 15.8 Å². The summed E-state index contributed by atoms with van der Waals surface area (Å²) in [5.74, 6) is -0.306. The highest BCUT2D eigenvalue weighted by Crippen LogP contribution is 2.15. The number of hydrogen-bond acceptors (Lipinski definition) is 3. The van der Waals surface area contributed by atoms with E-state index in [-0.39, 0.29) is 5.97 Å². The zero-order valence-corrected chi connectivity index (χ0v) is 12.7. The van der Waals surface area contributed by atoms with Crippen molar-refractivity contribution in [3.05, 3.63) is 63.2 Å². The Bertz CT molecular complexity index is 567. The maximum absolute atomic E-state index is 11.6. The molecule has 98 valence electrons. The number of esters is 1. The van der Waals surface area contributed by atoms with Crippen molar-refractivity contribution < 1.29 is 9.53 Å². The molecule has 0 saturated heterocycles. The third kappa shape index (κ3) is 3.70. The zero-order chi connectivity index (χ0) is 13.7. The van der Waals surface area contributed by atoms with Crippen LogP contribution in [0.25, 0.3) is 0 Å². The molecule has 0 atom stereocenters. The summed E-state index contributed by atoms with van der Waals surface area (Å²) >= 11 is 2.27. The molecule has 0 unspecified atom stereocenters. The van der Waals surface area contributed by atoms with Crippen LogP contribution in [0.5, 0.6) is 0 Å². The summed E-state index contributed by atoms with van der Waals surface area (Å²) < 4.78 is 5.97. The van der Waals surface area contributed by atoms with Crippen LogP contribution in [0.15, 0.2) is 48.5 Å². The Labute approximate surface area is 126 Å². The van der Waals surface area contributed by atoms with Crippen LogP contribution in [0.3, 0.4) is 0 Å². The number of nitrogens with one attached hydrogen (secondary N) is 1. The van der Waals surface area contributed by atoms with E-state index in [1.54, 1.807) is 6.07 Å². The van der Waals surface area contributed by atoms with Gasteiger partial charge in [0.15, 0.2) is 0 Å². The second-order valence-corrected chi connectivity index (χ2v) is 5.25. The van der Waals surface area contributed by atoms with E-state index < -0.39 is 0 Å². The highest BCUT2D eigenvalue weighted by molar-refractivity contribution is 14.1. The molecule has 0 aliphatic rings. The van der Waals surface area contributed by atoms with Gasteiger partial charge in [-0.2, -0.15) is 0 Å². The van der Waals surface area contributed by atoms with Crippen molar-refractivity contribution in [2.24, 2.45) is 0 Å². The van der Waals surface area contributed by atoms with Crippen molar-refractivity contribution in [3.8, 4) is 0 Å². The molecule has 1 N–H and O–H groups in total. The standard InChI is InChI=1S/C15H14INO2/c1-19-15(18)14-5-3-2-4-11(14)10-17-13-8-6-12(16)7-9-13/h2-9,17H,10H2,1H3. The minimum Gasteiger partial charge on any atom is -0.465 e. The van der Waals surface area contributed by atoms with Crippen LogP contribution < -0.4 is 5.32 Å². The predicted octanol–water partition coefficient (Wildman–Crippen LogP) is 3.69. The highest BCUT2D eigenvalue weighted by atomic mass is 127. The van der Waals surface area contributed by atoms with Gasteiger partial charge in [-0.15, -0.1) is 0 Å². The molecule has 0 bridgehead atoms. The second-order valence-electron chi connectivity index (χ2n) is 4.01. The highest BCUT2D eigenvalue weighted by Gasteiger charge is 2.10. The molecule has 3 nitrogen and oxygen atoms in total. The maximum Gasteiger partial charge on any atom is 0.338 e. The largest absolute Gasteiger partial charge is 0.465 e. The fourth-order valence-electron chi connectivity index (χ4n) is 1.75. The Morgan fingerprint density at radius 3 is 2.53 bits per heavy atom. The molecule has 0 radical (unpaired) electrons. The minimum atomic E-state index is -0.306. The van der Waals surface area contributed by atoms with Crippen LogP contribution in [-0.2, 0) is 11.3 Å². The number of methoxy groups -OCH3 is 1. The molecule has 0 saturated carbocycles. The van der Waals surface area contributed by atoms with Gasteiger partial charge in [-0.1, -0.05) is 18.2 Å². The molecule has 2 aromatic rings. The lowest BCUT2D eigenvalue weighted by atomic mass is 10.1. The molecular weight excluding hydrogens is 353 g/mol. The van der Waals surface area contributed by atoms with E-state index >= 15 is 0 Å². The fraction of sp³-hybridized carbons (Fsp3) is 0.133. The van der Waals surface area contributed by atoms with E-state index in [1.165, 1.54) is 10.7 Å². The van der Waals surface area contributed by atoms with Crippen molar-refractivity contribution in [2.45, 2.75) is 6.54 Å². The Hall–Kier alpha value is -1.56. The Morgan fingerprint density at radius 1 is 1.16 bits per heavy atom. The Balaban J connectivity index is 2.11. The molecule has 19 heavy (non-hydrogen) atoms.